The number of halogens is 2. The molecule has 3 rings (SSSR count). The lowest BCUT2D eigenvalue weighted by molar-refractivity contribution is -0.113. The molecule has 1 aliphatic heterocycles. The number of anilines is 1. The molecule has 1 N–H and O–H groups in total. The van der Waals surface area contributed by atoms with Gasteiger partial charge >= 0.3 is 0 Å². The summed E-state index contributed by atoms with van der Waals surface area (Å²) < 4.78 is 19.1. The number of morpholine rings is 1. The number of thioether (sulfide) groups is 1. The van der Waals surface area contributed by atoms with Gasteiger partial charge in [-0.3, -0.25) is 9.59 Å². The zero-order chi connectivity index (χ0) is 19.9. The van der Waals surface area contributed by atoms with Crippen molar-refractivity contribution in [1.29, 1.82) is 0 Å². The van der Waals surface area contributed by atoms with E-state index in [1.165, 1.54) is 17.8 Å². The van der Waals surface area contributed by atoms with Gasteiger partial charge < -0.3 is 15.0 Å². The lowest BCUT2D eigenvalue weighted by atomic mass is 10.1. The minimum atomic E-state index is -0.387. The van der Waals surface area contributed by atoms with Crippen molar-refractivity contribution in [1.82, 2.24) is 4.90 Å². The number of hydrogen-bond donors (Lipinski definition) is 1. The Balaban J connectivity index is 1.57. The first-order chi connectivity index (χ1) is 13.5. The lowest BCUT2D eigenvalue weighted by Gasteiger charge is -2.27. The number of amides is 2. The molecule has 1 aliphatic rings. The second-order valence-electron chi connectivity index (χ2n) is 6.23. The molecule has 148 valence electrons. The summed E-state index contributed by atoms with van der Waals surface area (Å²) in [7, 11) is 0. The van der Waals surface area contributed by atoms with E-state index in [1.54, 1.807) is 41.3 Å². The van der Waals surface area contributed by atoms with Gasteiger partial charge in [0.05, 0.1) is 30.2 Å². The van der Waals surface area contributed by atoms with Crippen molar-refractivity contribution < 1.29 is 18.7 Å². The van der Waals surface area contributed by atoms with Crippen molar-refractivity contribution in [3.05, 3.63) is 64.4 Å². The molecule has 8 heteroatoms. The molecule has 0 spiro atoms. The van der Waals surface area contributed by atoms with E-state index in [0.29, 0.717) is 53.9 Å². The first-order valence-electron chi connectivity index (χ1n) is 8.82. The summed E-state index contributed by atoms with van der Waals surface area (Å²) in [5.74, 6) is -0.272. The molecule has 0 bridgehead atoms. The summed E-state index contributed by atoms with van der Waals surface area (Å²) in [6, 6.07) is 11.4. The molecule has 0 radical (unpaired) electrons. The highest BCUT2D eigenvalue weighted by atomic mass is 35.5. The van der Waals surface area contributed by atoms with Crippen LogP contribution in [0.2, 0.25) is 5.02 Å². The largest absolute Gasteiger partial charge is 0.378 e. The summed E-state index contributed by atoms with van der Waals surface area (Å²) >= 11 is 7.03. The molecule has 0 atom stereocenters. The van der Waals surface area contributed by atoms with E-state index < -0.39 is 0 Å². The third kappa shape index (κ3) is 5.47. The minimum Gasteiger partial charge on any atom is -0.378 e. The topological polar surface area (TPSA) is 58.6 Å². The second kappa shape index (κ2) is 9.91. The van der Waals surface area contributed by atoms with E-state index in [2.05, 4.69) is 5.32 Å². The highest BCUT2D eigenvalue weighted by Crippen LogP contribution is 2.21. The average molecular weight is 423 g/mol. The van der Waals surface area contributed by atoms with E-state index in [9.17, 15) is 14.0 Å². The summed E-state index contributed by atoms with van der Waals surface area (Å²) in [6.45, 7) is 2.09. The molecule has 0 saturated carbocycles. The van der Waals surface area contributed by atoms with Crippen LogP contribution in [-0.4, -0.2) is 48.8 Å². The van der Waals surface area contributed by atoms with Gasteiger partial charge in [0.1, 0.15) is 5.82 Å². The molecule has 2 aromatic rings. The number of rotatable bonds is 6. The lowest BCUT2D eigenvalue weighted by Crippen LogP contribution is -2.41. The van der Waals surface area contributed by atoms with E-state index in [0.717, 1.165) is 0 Å². The van der Waals surface area contributed by atoms with Gasteiger partial charge in [0.2, 0.25) is 5.91 Å². The summed E-state index contributed by atoms with van der Waals surface area (Å²) in [4.78, 5) is 26.7. The Morgan fingerprint density at radius 1 is 1.18 bits per heavy atom. The maximum absolute atomic E-state index is 13.8. The predicted molar refractivity (Wildman–Crippen MR) is 109 cm³/mol. The van der Waals surface area contributed by atoms with Crippen molar-refractivity contribution in [2.75, 3.05) is 37.4 Å². The van der Waals surface area contributed by atoms with Crippen LogP contribution < -0.4 is 5.32 Å². The Bertz CT molecular complexity index is 859. The number of carbonyl (C=O) groups excluding carboxylic acids is 2. The number of carbonyl (C=O) groups is 2. The van der Waals surface area contributed by atoms with Crippen LogP contribution in [0, 0.1) is 5.82 Å². The van der Waals surface area contributed by atoms with Crippen LogP contribution in [0.4, 0.5) is 10.1 Å². The van der Waals surface area contributed by atoms with Gasteiger partial charge in [0, 0.05) is 23.9 Å². The average Bonchev–Trinajstić information content (AvgIpc) is 2.70. The van der Waals surface area contributed by atoms with Crippen molar-refractivity contribution in [3.63, 3.8) is 0 Å². The Morgan fingerprint density at radius 3 is 2.68 bits per heavy atom. The fourth-order valence-corrected chi connectivity index (χ4v) is 3.77. The van der Waals surface area contributed by atoms with Crippen molar-refractivity contribution >= 4 is 40.9 Å². The first-order valence-corrected chi connectivity index (χ1v) is 10.4. The van der Waals surface area contributed by atoms with Gasteiger partial charge in [-0.05, 0) is 29.8 Å². The van der Waals surface area contributed by atoms with Gasteiger partial charge in [0.25, 0.3) is 5.91 Å². The van der Waals surface area contributed by atoms with E-state index in [4.69, 9.17) is 16.3 Å². The Labute approximate surface area is 172 Å². The molecule has 2 aromatic carbocycles. The molecule has 1 fully saturated rings. The van der Waals surface area contributed by atoms with Gasteiger partial charge in [-0.15, -0.1) is 11.8 Å². The van der Waals surface area contributed by atoms with Crippen molar-refractivity contribution in [3.8, 4) is 0 Å². The van der Waals surface area contributed by atoms with Crippen LogP contribution in [0.15, 0.2) is 42.5 Å². The van der Waals surface area contributed by atoms with Gasteiger partial charge in [-0.1, -0.05) is 29.8 Å². The summed E-state index contributed by atoms with van der Waals surface area (Å²) in [6.07, 6.45) is 0. The summed E-state index contributed by atoms with van der Waals surface area (Å²) in [5.41, 5.74) is 1.42. The molecule has 0 unspecified atom stereocenters. The Morgan fingerprint density at radius 2 is 1.93 bits per heavy atom. The van der Waals surface area contributed by atoms with E-state index in [-0.39, 0.29) is 23.4 Å². The highest BCUT2D eigenvalue weighted by molar-refractivity contribution is 7.99. The number of benzene rings is 2. The molecular formula is C20H20ClFN2O3S. The van der Waals surface area contributed by atoms with Gasteiger partial charge in [-0.2, -0.15) is 0 Å². The third-order valence-electron chi connectivity index (χ3n) is 4.24. The SMILES string of the molecule is O=C(CSCc1ccc(Cl)cc1F)Nc1ccccc1C(=O)N1CCOCC1. The summed E-state index contributed by atoms with van der Waals surface area (Å²) in [5, 5.41) is 3.13. The molecule has 0 aromatic heterocycles. The molecule has 0 aliphatic carbocycles. The fraction of sp³-hybridized carbons (Fsp3) is 0.300. The van der Waals surface area contributed by atoms with Crippen LogP contribution in [0.25, 0.3) is 0 Å². The molecule has 1 saturated heterocycles. The zero-order valence-electron chi connectivity index (χ0n) is 15.1. The van der Waals surface area contributed by atoms with Crippen molar-refractivity contribution in [2.45, 2.75) is 5.75 Å². The molecule has 5 nitrogen and oxygen atoms in total. The smallest absolute Gasteiger partial charge is 0.256 e. The zero-order valence-corrected chi connectivity index (χ0v) is 16.7. The monoisotopic (exact) mass is 422 g/mol. The number of nitrogens with zero attached hydrogens (tertiary/aromatic N) is 1. The highest BCUT2D eigenvalue weighted by Gasteiger charge is 2.21. The fourth-order valence-electron chi connectivity index (χ4n) is 2.79. The molecule has 1 heterocycles. The van der Waals surface area contributed by atoms with Gasteiger partial charge in [0.15, 0.2) is 0 Å². The van der Waals surface area contributed by atoms with Gasteiger partial charge in [-0.25, -0.2) is 4.39 Å². The minimum absolute atomic E-state index is 0.130. The maximum atomic E-state index is 13.8. The quantitative estimate of drug-likeness (QED) is 0.768. The normalized spacial score (nSPS) is 14.0. The second-order valence-corrected chi connectivity index (χ2v) is 7.65. The number of nitrogens with one attached hydrogen (secondary N) is 1. The number of hydrogen-bond acceptors (Lipinski definition) is 4. The van der Waals surface area contributed by atoms with Crippen LogP contribution >= 0.6 is 23.4 Å². The molecular weight excluding hydrogens is 403 g/mol. The molecule has 28 heavy (non-hydrogen) atoms. The van der Waals surface area contributed by atoms with Crippen LogP contribution in [0.3, 0.4) is 0 Å². The van der Waals surface area contributed by atoms with Crippen molar-refractivity contribution in [2.24, 2.45) is 0 Å². The van der Waals surface area contributed by atoms with E-state index >= 15 is 0 Å². The standard InChI is InChI=1S/C20H20ClFN2O3S/c21-15-6-5-14(17(22)11-15)12-28-13-19(25)23-18-4-2-1-3-16(18)20(26)24-7-9-27-10-8-24/h1-6,11H,7-10,12-13H2,(H,23,25). The first kappa shape index (κ1) is 20.6. The Kier molecular flexibility index (Phi) is 7.30. The third-order valence-corrected chi connectivity index (χ3v) is 5.45. The van der Waals surface area contributed by atoms with Crippen LogP contribution in [-0.2, 0) is 15.3 Å². The number of ether oxygens (including phenoxy) is 1. The number of para-hydroxylation sites is 1. The van der Waals surface area contributed by atoms with Crippen LogP contribution in [0.1, 0.15) is 15.9 Å². The maximum Gasteiger partial charge on any atom is 0.256 e. The Hall–Kier alpha value is -2.09. The van der Waals surface area contributed by atoms with Crippen LogP contribution in [0.5, 0.6) is 0 Å². The molecule has 2 amide bonds. The van der Waals surface area contributed by atoms with E-state index in [1.807, 2.05) is 0 Å². The predicted octanol–water partition coefficient (Wildman–Crippen LogP) is 3.82.